The molecule has 0 unspecified atom stereocenters. The minimum absolute atomic E-state index is 0.391. The van der Waals surface area contributed by atoms with Crippen LogP contribution in [0.2, 0.25) is 0 Å². The van der Waals surface area contributed by atoms with Crippen LogP contribution in [0.3, 0.4) is 0 Å². The van der Waals surface area contributed by atoms with Crippen LogP contribution in [0.1, 0.15) is 11.4 Å². The van der Waals surface area contributed by atoms with Gasteiger partial charge in [0.1, 0.15) is 6.04 Å². The maximum absolute atomic E-state index is 11.8. The fourth-order valence-corrected chi connectivity index (χ4v) is 1.81. The second-order valence-corrected chi connectivity index (χ2v) is 4.05. The van der Waals surface area contributed by atoms with Crippen LogP contribution < -0.4 is 10.6 Å². The van der Waals surface area contributed by atoms with Crippen molar-refractivity contribution in [2.45, 2.75) is 25.0 Å². The summed E-state index contributed by atoms with van der Waals surface area (Å²) < 4.78 is 0. The third-order valence-corrected chi connectivity index (χ3v) is 2.84. The Hall–Kier alpha value is -1.93. The summed E-state index contributed by atoms with van der Waals surface area (Å²) in [6, 6.07) is -1.81. The molecule has 2 heterocycles. The molecule has 0 spiro atoms. The van der Waals surface area contributed by atoms with Crippen molar-refractivity contribution < 1.29 is 19.8 Å². The Bertz CT molecular complexity index is 458. The summed E-state index contributed by atoms with van der Waals surface area (Å²) >= 11 is 0. The number of hydrogen-bond acceptors (Lipinski definition) is 5. The molecule has 0 aromatic carbocycles. The van der Waals surface area contributed by atoms with Crippen LogP contribution in [-0.4, -0.2) is 50.7 Å². The SMILES string of the molecule is O=C(O)[C@H](CO)NC(=O)[C@@H]1Cc2nc[nH]c2CN1. The molecule has 2 rings (SSSR count). The highest BCUT2D eigenvalue weighted by Gasteiger charge is 2.28. The number of fused-ring (bicyclic) bond motifs is 1. The van der Waals surface area contributed by atoms with Gasteiger partial charge in [-0.25, -0.2) is 9.78 Å². The van der Waals surface area contributed by atoms with Crippen molar-refractivity contribution in [2.24, 2.45) is 0 Å². The van der Waals surface area contributed by atoms with Crippen molar-refractivity contribution in [3.05, 3.63) is 17.7 Å². The van der Waals surface area contributed by atoms with E-state index in [1.807, 2.05) is 0 Å². The molecule has 0 saturated heterocycles. The Morgan fingerprint density at radius 3 is 3.06 bits per heavy atom. The number of carbonyl (C=O) groups is 2. The number of imidazole rings is 1. The zero-order valence-corrected chi connectivity index (χ0v) is 9.51. The standard InChI is InChI=1S/C10H14N4O4/c15-3-8(10(17)18)14-9(16)6-1-5-7(2-11-6)13-4-12-5/h4,6,8,11,15H,1-3H2,(H,12,13)(H,14,16)(H,17,18)/t6-,8-/m0/s1. The third kappa shape index (κ3) is 2.49. The number of aromatic nitrogens is 2. The van der Waals surface area contributed by atoms with E-state index >= 15 is 0 Å². The molecule has 0 aliphatic carbocycles. The summed E-state index contributed by atoms with van der Waals surface area (Å²) in [7, 11) is 0. The molecule has 5 N–H and O–H groups in total. The Kier molecular flexibility index (Phi) is 3.58. The Morgan fingerprint density at radius 1 is 1.61 bits per heavy atom. The van der Waals surface area contributed by atoms with E-state index in [0.29, 0.717) is 13.0 Å². The van der Waals surface area contributed by atoms with Crippen LogP contribution in [-0.2, 0) is 22.6 Å². The lowest BCUT2D eigenvalue weighted by atomic mass is 10.0. The van der Waals surface area contributed by atoms with Gasteiger partial charge in [-0.05, 0) is 0 Å². The van der Waals surface area contributed by atoms with E-state index in [-0.39, 0.29) is 0 Å². The van der Waals surface area contributed by atoms with Crippen molar-refractivity contribution in [3.63, 3.8) is 0 Å². The lowest BCUT2D eigenvalue weighted by molar-refractivity contribution is -0.143. The second kappa shape index (κ2) is 5.15. The fraction of sp³-hybridized carbons (Fsp3) is 0.500. The van der Waals surface area contributed by atoms with Crippen LogP contribution in [0.25, 0.3) is 0 Å². The van der Waals surface area contributed by atoms with E-state index in [2.05, 4.69) is 20.6 Å². The quantitative estimate of drug-likeness (QED) is 0.422. The first-order valence-electron chi connectivity index (χ1n) is 5.50. The molecule has 98 valence electrons. The summed E-state index contributed by atoms with van der Waals surface area (Å²) in [5.41, 5.74) is 1.72. The highest BCUT2D eigenvalue weighted by molar-refractivity contribution is 5.87. The maximum Gasteiger partial charge on any atom is 0.328 e. The maximum atomic E-state index is 11.8. The number of rotatable bonds is 4. The third-order valence-electron chi connectivity index (χ3n) is 2.84. The van der Waals surface area contributed by atoms with E-state index in [1.165, 1.54) is 0 Å². The number of nitrogens with one attached hydrogen (secondary N) is 3. The number of aromatic amines is 1. The molecule has 1 aliphatic heterocycles. The number of aliphatic hydroxyl groups excluding tert-OH is 1. The van der Waals surface area contributed by atoms with Crippen LogP contribution in [0.5, 0.6) is 0 Å². The van der Waals surface area contributed by atoms with E-state index < -0.39 is 30.6 Å². The number of aliphatic hydroxyl groups is 1. The van der Waals surface area contributed by atoms with Crippen molar-refractivity contribution in [3.8, 4) is 0 Å². The van der Waals surface area contributed by atoms with Gasteiger partial charge in [-0.2, -0.15) is 0 Å². The molecule has 8 nitrogen and oxygen atoms in total. The van der Waals surface area contributed by atoms with E-state index in [4.69, 9.17) is 10.2 Å². The number of aliphatic carboxylic acids is 1. The van der Waals surface area contributed by atoms with Gasteiger partial charge in [0.2, 0.25) is 5.91 Å². The topological polar surface area (TPSA) is 127 Å². The second-order valence-electron chi connectivity index (χ2n) is 4.05. The van der Waals surface area contributed by atoms with Crippen LogP contribution in [0.4, 0.5) is 0 Å². The van der Waals surface area contributed by atoms with Crippen molar-refractivity contribution in [1.82, 2.24) is 20.6 Å². The lowest BCUT2D eigenvalue weighted by Crippen LogP contribution is -2.53. The van der Waals surface area contributed by atoms with Gasteiger partial charge in [0, 0.05) is 13.0 Å². The predicted octanol–water partition coefficient (Wildman–Crippen LogP) is -2.01. The van der Waals surface area contributed by atoms with Crippen LogP contribution in [0, 0.1) is 0 Å². The number of amides is 1. The summed E-state index contributed by atoms with van der Waals surface area (Å²) in [4.78, 5) is 29.5. The number of hydrogen-bond donors (Lipinski definition) is 5. The van der Waals surface area contributed by atoms with Gasteiger partial charge in [0.05, 0.1) is 30.4 Å². The molecule has 1 aromatic rings. The zero-order valence-electron chi connectivity index (χ0n) is 9.51. The minimum Gasteiger partial charge on any atom is -0.480 e. The fourth-order valence-electron chi connectivity index (χ4n) is 1.81. The molecule has 8 heteroatoms. The molecule has 1 amide bonds. The largest absolute Gasteiger partial charge is 0.480 e. The molecule has 1 aromatic heterocycles. The van der Waals surface area contributed by atoms with E-state index in [0.717, 1.165) is 11.4 Å². The van der Waals surface area contributed by atoms with Gasteiger partial charge >= 0.3 is 5.97 Å². The average molecular weight is 254 g/mol. The predicted molar refractivity (Wildman–Crippen MR) is 59.6 cm³/mol. The first-order chi connectivity index (χ1) is 8.61. The molecule has 1 aliphatic rings. The first kappa shape index (κ1) is 12.5. The molecular formula is C10H14N4O4. The Labute approximate surface area is 102 Å². The summed E-state index contributed by atoms with van der Waals surface area (Å²) in [6.07, 6.45) is 1.95. The van der Waals surface area contributed by atoms with Crippen molar-refractivity contribution >= 4 is 11.9 Å². The minimum atomic E-state index is -1.28. The average Bonchev–Trinajstić information content (AvgIpc) is 2.82. The molecule has 2 atom stereocenters. The van der Waals surface area contributed by atoms with Gasteiger partial charge in [0.15, 0.2) is 0 Å². The van der Waals surface area contributed by atoms with Crippen LogP contribution in [0.15, 0.2) is 6.33 Å². The molecule has 18 heavy (non-hydrogen) atoms. The zero-order chi connectivity index (χ0) is 13.1. The Morgan fingerprint density at radius 2 is 2.39 bits per heavy atom. The van der Waals surface area contributed by atoms with Gasteiger partial charge in [-0.15, -0.1) is 0 Å². The molecular weight excluding hydrogens is 240 g/mol. The first-order valence-corrected chi connectivity index (χ1v) is 5.50. The number of nitrogens with zero attached hydrogens (tertiary/aromatic N) is 1. The lowest BCUT2D eigenvalue weighted by Gasteiger charge is -2.23. The summed E-state index contributed by atoms with van der Waals surface area (Å²) in [6.45, 7) is -0.161. The molecule has 0 bridgehead atoms. The highest BCUT2D eigenvalue weighted by atomic mass is 16.4. The normalized spacial score (nSPS) is 19.9. The molecule has 0 saturated carbocycles. The number of carboxylic acid groups (broad SMARTS) is 1. The smallest absolute Gasteiger partial charge is 0.328 e. The van der Waals surface area contributed by atoms with E-state index in [9.17, 15) is 9.59 Å². The van der Waals surface area contributed by atoms with Crippen molar-refractivity contribution in [2.75, 3.05) is 6.61 Å². The summed E-state index contributed by atoms with van der Waals surface area (Å²) in [5, 5.41) is 22.8. The van der Waals surface area contributed by atoms with Gasteiger partial charge in [0.25, 0.3) is 0 Å². The monoisotopic (exact) mass is 254 g/mol. The van der Waals surface area contributed by atoms with Gasteiger partial charge in [-0.3, -0.25) is 10.1 Å². The number of carboxylic acids is 1. The number of carbonyl (C=O) groups excluding carboxylic acids is 1. The van der Waals surface area contributed by atoms with Gasteiger partial charge in [-0.1, -0.05) is 0 Å². The van der Waals surface area contributed by atoms with E-state index in [1.54, 1.807) is 6.33 Å². The number of H-pyrrole nitrogens is 1. The highest BCUT2D eigenvalue weighted by Crippen LogP contribution is 2.12. The van der Waals surface area contributed by atoms with Crippen LogP contribution >= 0.6 is 0 Å². The van der Waals surface area contributed by atoms with Gasteiger partial charge < -0.3 is 20.5 Å². The van der Waals surface area contributed by atoms with Crippen molar-refractivity contribution in [1.29, 1.82) is 0 Å². The Balaban J connectivity index is 1.97. The summed E-state index contributed by atoms with van der Waals surface area (Å²) in [5.74, 6) is -1.72. The molecule has 0 fully saturated rings. The molecule has 0 radical (unpaired) electrons.